The van der Waals surface area contributed by atoms with Crippen LogP contribution in [0, 0.1) is 19.8 Å². The van der Waals surface area contributed by atoms with Crippen molar-refractivity contribution >= 4 is 28.3 Å². The summed E-state index contributed by atoms with van der Waals surface area (Å²) in [4.78, 5) is 12.1. The normalized spacial score (nSPS) is 19.4. The van der Waals surface area contributed by atoms with E-state index in [4.69, 9.17) is 4.52 Å². The van der Waals surface area contributed by atoms with Gasteiger partial charge in [-0.05, 0) is 52.6 Å². The number of carbonyl (C=O) groups is 1. The lowest BCUT2D eigenvalue weighted by Crippen LogP contribution is -2.47. The average molecular weight is 381 g/mol. The number of halogens is 1. The number of hydrogen-bond donors (Lipinski definition) is 3. The zero-order valence-electron chi connectivity index (χ0n) is 14.1. The van der Waals surface area contributed by atoms with Crippen molar-refractivity contribution in [2.75, 3.05) is 19.6 Å². The highest BCUT2D eigenvalue weighted by molar-refractivity contribution is 7.89. The molecule has 138 valence electrons. The smallest absolute Gasteiger partial charge is 0.246 e. The van der Waals surface area contributed by atoms with Gasteiger partial charge in [-0.15, -0.1) is 12.4 Å². The molecule has 10 heteroatoms. The summed E-state index contributed by atoms with van der Waals surface area (Å²) in [5.74, 6) is 0.251. The van der Waals surface area contributed by atoms with Crippen molar-refractivity contribution < 1.29 is 17.7 Å². The number of amides is 1. The molecular formula is C14H25ClN4O4S. The predicted molar refractivity (Wildman–Crippen MR) is 91.6 cm³/mol. The minimum Gasteiger partial charge on any atom is -0.360 e. The highest BCUT2D eigenvalue weighted by Crippen LogP contribution is 2.18. The number of hydrogen-bond acceptors (Lipinski definition) is 6. The zero-order valence-corrected chi connectivity index (χ0v) is 15.7. The van der Waals surface area contributed by atoms with Gasteiger partial charge in [0.2, 0.25) is 15.9 Å². The SMILES string of the molecule is Cc1noc(C)c1S(=O)(=O)NC(C)C(=O)NCC1CCCNC1.Cl. The third-order valence-electron chi connectivity index (χ3n) is 3.93. The summed E-state index contributed by atoms with van der Waals surface area (Å²) < 4.78 is 32.0. The zero-order chi connectivity index (χ0) is 17.0. The number of nitrogens with zero attached hydrogens (tertiary/aromatic N) is 1. The van der Waals surface area contributed by atoms with Gasteiger partial charge in [0.1, 0.15) is 10.6 Å². The van der Waals surface area contributed by atoms with E-state index in [1.807, 2.05) is 0 Å². The lowest BCUT2D eigenvalue weighted by molar-refractivity contribution is -0.122. The van der Waals surface area contributed by atoms with Gasteiger partial charge < -0.3 is 15.2 Å². The summed E-state index contributed by atoms with van der Waals surface area (Å²) >= 11 is 0. The van der Waals surface area contributed by atoms with Crippen molar-refractivity contribution in [3.05, 3.63) is 11.5 Å². The first-order valence-electron chi connectivity index (χ1n) is 7.75. The maximum Gasteiger partial charge on any atom is 0.246 e. The lowest BCUT2D eigenvalue weighted by atomic mass is 10.00. The second kappa shape index (κ2) is 8.80. The number of carbonyl (C=O) groups excluding carboxylic acids is 1. The monoisotopic (exact) mass is 380 g/mol. The van der Waals surface area contributed by atoms with E-state index in [1.54, 1.807) is 6.92 Å². The van der Waals surface area contributed by atoms with E-state index >= 15 is 0 Å². The van der Waals surface area contributed by atoms with Gasteiger partial charge in [0.25, 0.3) is 0 Å². The van der Waals surface area contributed by atoms with Crippen LogP contribution in [0.2, 0.25) is 0 Å². The molecule has 2 atom stereocenters. The fourth-order valence-corrected chi connectivity index (χ4v) is 4.23. The third kappa shape index (κ3) is 5.17. The van der Waals surface area contributed by atoms with Crippen molar-refractivity contribution in [1.29, 1.82) is 0 Å². The van der Waals surface area contributed by atoms with Gasteiger partial charge in [0.05, 0.1) is 6.04 Å². The Labute approximate surface area is 148 Å². The molecular weight excluding hydrogens is 356 g/mol. The van der Waals surface area contributed by atoms with Crippen LogP contribution in [0.5, 0.6) is 0 Å². The Hall–Kier alpha value is -1.16. The quantitative estimate of drug-likeness (QED) is 0.662. The molecule has 24 heavy (non-hydrogen) atoms. The maximum absolute atomic E-state index is 12.4. The van der Waals surface area contributed by atoms with E-state index in [2.05, 4.69) is 20.5 Å². The second-order valence-electron chi connectivity index (χ2n) is 5.95. The van der Waals surface area contributed by atoms with Gasteiger partial charge in [-0.3, -0.25) is 4.79 Å². The van der Waals surface area contributed by atoms with Crippen molar-refractivity contribution in [3.8, 4) is 0 Å². The number of aryl methyl sites for hydroxylation is 2. The summed E-state index contributed by atoms with van der Waals surface area (Å²) in [5, 5.41) is 9.71. The van der Waals surface area contributed by atoms with Crippen LogP contribution in [-0.4, -0.2) is 45.2 Å². The van der Waals surface area contributed by atoms with E-state index in [-0.39, 0.29) is 34.7 Å². The van der Waals surface area contributed by atoms with Crippen molar-refractivity contribution in [2.24, 2.45) is 5.92 Å². The van der Waals surface area contributed by atoms with Crippen LogP contribution < -0.4 is 15.4 Å². The number of sulfonamides is 1. The molecule has 1 amide bonds. The molecule has 1 aliphatic heterocycles. The largest absolute Gasteiger partial charge is 0.360 e. The van der Waals surface area contributed by atoms with Gasteiger partial charge in [-0.2, -0.15) is 4.72 Å². The second-order valence-corrected chi connectivity index (χ2v) is 7.60. The van der Waals surface area contributed by atoms with Crippen molar-refractivity contribution in [1.82, 2.24) is 20.5 Å². The topological polar surface area (TPSA) is 113 Å². The minimum atomic E-state index is -3.85. The molecule has 1 aliphatic rings. The van der Waals surface area contributed by atoms with E-state index in [0.717, 1.165) is 25.9 Å². The molecule has 2 heterocycles. The fraction of sp³-hybridized carbons (Fsp3) is 0.714. The van der Waals surface area contributed by atoms with Crippen molar-refractivity contribution in [2.45, 2.75) is 44.6 Å². The Morgan fingerprint density at radius 3 is 2.71 bits per heavy atom. The average Bonchev–Trinajstić information content (AvgIpc) is 2.85. The molecule has 0 bridgehead atoms. The highest BCUT2D eigenvalue weighted by Gasteiger charge is 2.28. The van der Waals surface area contributed by atoms with E-state index in [9.17, 15) is 13.2 Å². The lowest BCUT2D eigenvalue weighted by Gasteiger charge is -2.23. The molecule has 1 saturated heterocycles. The molecule has 0 spiro atoms. The molecule has 0 radical (unpaired) electrons. The number of rotatable bonds is 6. The van der Waals surface area contributed by atoms with Crippen LogP contribution in [0.4, 0.5) is 0 Å². The van der Waals surface area contributed by atoms with Crippen LogP contribution in [0.25, 0.3) is 0 Å². The third-order valence-corrected chi connectivity index (χ3v) is 5.71. The standard InChI is InChI=1S/C14H24N4O4S.ClH/c1-9-13(11(3)22-17-9)23(20,21)18-10(2)14(19)16-8-12-5-4-6-15-7-12;/h10,12,15,18H,4-8H2,1-3H3,(H,16,19);1H. The van der Waals surface area contributed by atoms with Crippen LogP contribution in [0.15, 0.2) is 9.42 Å². The first-order valence-corrected chi connectivity index (χ1v) is 9.23. The molecule has 0 aromatic carbocycles. The Morgan fingerprint density at radius 1 is 1.46 bits per heavy atom. The van der Waals surface area contributed by atoms with E-state index in [1.165, 1.54) is 13.8 Å². The summed E-state index contributed by atoms with van der Waals surface area (Å²) in [5.41, 5.74) is 0.274. The molecule has 2 rings (SSSR count). The predicted octanol–water partition coefficient (Wildman–Crippen LogP) is 0.496. The summed E-state index contributed by atoms with van der Waals surface area (Å²) in [6.45, 7) is 7.02. The minimum absolute atomic E-state index is 0. The summed E-state index contributed by atoms with van der Waals surface area (Å²) in [6, 6.07) is -0.870. The first-order chi connectivity index (χ1) is 10.8. The van der Waals surface area contributed by atoms with Gasteiger partial charge in [0, 0.05) is 6.54 Å². The van der Waals surface area contributed by atoms with Crippen molar-refractivity contribution in [3.63, 3.8) is 0 Å². The van der Waals surface area contributed by atoms with Gasteiger partial charge in [-0.25, -0.2) is 8.42 Å². The Bertz CT molecular complexity index is 636. The van der Waals surface area contributed by atoms with Crippen LogP contribution in [-0.2, 0) is 14.8 Å². The van der Waals surface area contributed by atoms with Crippen LogP contribution in [0.1, 0.15) is 31.2 Å². The van der Waals surface area contributed by atoms with E-state index in [0.29, 0.717) is 12.5 Å². The summed E-state index contributed by atoms with van der Waals surface area (Å²) in [7, 11) is -3.85. The van der Waals surface area contributed by atoms with Gasteiger partial charge >= 0.3 is 0 Å². The molecule has 0 saturated carbocycles. The molecule has 0 aliphatic carbocycles. The molecule has 1 aromatic heterocycles. The van der Waals surface area contributed by atoms with Crippen LogP contribution >= 0.6 is 12.4 Å². The number of aromatic nitrogens is 1. The first kappa shape index (κ1) is 20.9. The number of piperidine rings is 1. The highest BCUT2D eigenvalue weighted by atomic mass is 35.5. The summed E-state index contributed by atoms with van der Waals surface area (Å²) in [6.07, 6.45) is 2.15. The van der Waals surface area contributed by atoms with Gasteiger partial charge in [-0.1, -0.05) is 5.16 Å². The number of nitrogens with one attached hydrogen (secondary N) is 3. The molecule has 3 N–H and O–H groups in total. The molecule has 1 fully saturated rings. The Kier molecular flexibility index (Phi) is 7.65. The van der Waals surface area contributed by atoms with Crippen LogP contribution in [0.3, 0.4) is 0 Å². The molecule has 2 unspecified atom stereocenters. The van der Waals surface area contributed by atoms with E-state index < -0.39 is 16.1 Å². The molecule has 8 nitrogen and oxygen atoms in total. The Morgan fingerprint density at radius 2 is 2.17 bits per heavy atom. The maximum atomic E-state index is 12.4. The molecule has 1 aromatic rings. The van der Waals surface area contributed by atoms with Gasteiger partial charge in [0.15, 0.2) is 5.76 Å². The Balaban J connectivity index is 0.00000288. The fourth-order valence-electron chi connectivity index (χ4n) is 2.70.